The third kappa shape index (κ3) is 3.21. The lowest BCUT2D eigenvalue weighted by Crippen LogP contribution is -2.56. The van der Waals surface area contributed by atoms with Crippen LogP contribution in [-0.4, -0.2) is 36.0 Å². The van der Waals surface area contributed by atoms with E-state index in [2.05, 4.69) is 21.0 Å². The molecule has 68 valence electrons. The molecule has 0 fully saturated rings. The van der Waals surface area contributed by atoms with Crippen molar-refractivity contribution in [1.82, 2.24) is 0 Å². The first-order valence-electron chi connectivity index (χ1n) is 4.36. The van der Waals surface area contributed by atoms with Gasteiger partial charge in [-0.3, -0.25) is 0 Å². The molecule has 0 aromatic heterocycles. The van der Waals surface area contributed by atoms with Crippen LogP contribution in [-0.2, 0) is 0 Å². The smallest absolute Gasteiger partial charge is 0.194 e. The quantitative estimate of drug-likeness (QED) is 0.489. The number of rotatable bonds is 4. The second kappa shape index (κ2) is 3.55. The number of aliphatic hydroxyl groups is 1. The summed E-state index contributed by atoms with van der Waals surface area (Å²) in [6.07, 6.45) is 2.37. The molecule has 1 N–H and O–H groups in total. The molecule has 0 aliphatic heterocycles. The molecule has 0 bridgehead atoms. The van der Waals surface area contributed by atoms with E-state index in [4.69, 9.17) is 0 Å². The largest absolute Gasteiger partial charge is 0.343 e. The lowest BCUT2D eigenvalue weighted by molar-refractivity contribution is -0.962. The van der Waals surface area contributed by atoms with E-state index in [0.29, 0.717) is 4.48 Å². The monoisotopic (exact) mass is 160 g/mol. The van der Waals surface area contributed by atoms with Gasteiger partial charge in [0.1, 0.15) is 0 Å². The van der Waals surface area contributed by atoms with E-state index in [1.54, 1.807) is 0 Å². The van der Waals surface area contributed by atoms with Gasteiger partial charge in [0.2, 0.25) is 0 Å². The van der Waals surface area contributed by atoms with E-state index in [1.165, 1.54) is 12.8 Å². The molecule has 0 heterocycles. The van der Waals surface area contributed by atoms with Crippen LogP contribution in [0.1, 0.15) is 33.6 Å². The second-order valence-electron chi connectivity index (χ2n) is 4.26. The number of nitrogens with zero attached hydrogens (tertiary/aromatic N) is 1. The Kier molecular flexibility index (Phi) is 3.52. The van der Waals surface area contributed by atoms with E-state index < -0.39 is 5.72 Å². The Morgan fingerprint density at radius 1 is 1.27 bits per heavy atom. The molecule has 0 aliphatic rings. The van der Waals surface area contributed by atoms with Crippen molar-refractivity contribution in [2.75, 3.05) is 20.6 Å². The zero-order valence-electron chi connectivity index (χ0n) is 8.52. The van der Waals surface area contributed by atoms with Crippen LogP contribution in [0.4, 0.5) is 0 Å². The first kappa shape index (κ1) is 10.9. The summed E-state index contributed by atoms with van der Waals surface area (Å²) >= 11 is 0. The molecule has 11 heavy (non-hydrogen) atoms. The van der Waals surface area contributed by atoms with Crippen molar-refractivity contribution in [3.8, 4) is 0 Å². The van der Waals surface area contributed by atoms with Crippen LogP contribution in [0, 0.1) is 0 Å². The van der Waals surface area contributed by atoms with Crippen molar-refractivity contribution in [3.63, 3.8) is 0 Å². The van der Waals surface area contributed by atoms with Crippen molar-refractivity contribution in [3.05, 3.63) is 0 Å². The molecular weight excluding hydrogens is 138 g/mol. The molecule has 0 aromatic carbocycles. The Labute approximate surface area is 70.4 Å². The highest BCUT2D eigenvalue weighted by Crippen LogP contribution is 2.17. The molecule has 0 aliphatic carbocycles. The predicted octanol–water partition coefficient (Wildman–Crippen LogP) is 1.59. The highest BCUT2D eigenvalue weighted by Gasteiger charge is 2.32. The van der Waals surface area contributed by atoms with Crippen molar-refractivity contribution in [2.45, 2.75) is 39.3 Å². The summed E-state index contributed by atoms with van der Waals surface area (Å²) in [4.78, 5) is 0. The molecule has 0 amide bonds. The molecule has 0 aromatic rings. The summed E-state index contributed by atoms with van der Waals surface area (Å²) in [7, 11) is 4.13. The molecule has 2 heteroatoms. The summed E-state index contributed by atoms with van der Waals surface area (Å²) in [5.74, 6) is 0. The highest BCUT2D eigenvalue weighted by molar-refractivity contribution is 4.50. The summed E-state index contributed by atoms with van der Waals surface area (Å²) in [5, 5.41) is 9.74. The number of hydrogen-bond acceptors (Lipinski definition) is 1. The molecule has 2 nitrogen and oxygen atoms in total. The van der Waals surface area contributed by atoms with Crippen molar-refractivity contribution < 1.29 is 9.59 Å². The van der Waals surface area contributed by atoms with Crippen molar-refractivity contribution >= 4 is 0 Å². The maximum absolute atomic E-state index is 9.74. The first-order valence-corrected chi connectivity index (χ1v) is 4.36. The van der Waals surface area contributed by atoms with E-state index in [0.717, 1.165) is 6.54 Å². The lowest BCUT2D eigenvalue weighted by atomic mass is 10.2. The van der Waals surface area contributed by atoms with Crippen molar-refractivity contribution in [2.24, 2.45) is 0 Å². The molecule has 0 saturated heterocycles. The third-order valence-electron chi connectivity index (χ3n) is 2.55. The fourth-order valence-electron chi connectivity index (χ4n) is 0.827. The second-order valence-corrected chi connectivity index (χ2v) is 4.26. The van der Waals surface area contributed by atoms with Crippen LogP contribution in [0.25, 0.3) is 0 Å². The van der Waals surface area contributed by atoms with Gasteiger partial charge in [0, 0.05) is 13.8 Å². The molecular formula is C9H22NO+. The Balaban J connectivity index is 4.00. The van der Waals surface area contributed by atoms with E-state index in [-0.39, 0.29) is 0 Å². The normalized spacial score (nSPS) is 13.6. The Morgan fingerprint density at radius 2 is 1.73 bits per heavy atom. The van der Waals surface area contributed by atoms with Gasteiger partial charge < -0.3 is 9.59 Å². The van der Waals surface area contributed by atoms with Gasteiger partial charge in [-0.25, -0.2) is 0 Å². The van der Waals surface area contributed by atoms with Gasteiger partial charge in [-0.15, -0.1) is 0 Å². The summed E-state index contributed by atoms with van der Waals surface area (Å²) in [5.41, 5.74) is -0.616. The summed E-state index contributed by atoms with van der Waals surface area (Å²) < 4.78 is 0.681. The SMILES string of the molecule is CCCC[N+](C)(C)C(C)(C)O. The predicted molar refractivity (Wildman–Crippen MR) is 48.2 cm³/mol. The van der Waals surface area contributed by atoms with Gasteiger partial charge in [0.25, 0.3) is 0 Å². The van der Waals surface area contributed by atoms with Gasteiger partial charge in [0.15, 0.2) is 5.72 Å². The van der Waals surface area contributed by atoms with Gasteiger partial charge in [-0.2, -0.15) is 0 Å². The molecule has 0 atom stereocenters. The number of unbranched alkanes of at least 4 members (excludes halogenated alkanes) is 1. The minimum Gasteiger partial charge on any atom is -0.343 e. The van der Waals surface area contributed by atoms with E-state index in [1.807, 2.05) is 13.8 Å². The van der Waals surface area contributed by atoms with Crippen LogP contribution < -0.4 is 0 Å². The zero-order valence-corrected chi connectivity index (χ0v) is 8.52. The minimum absolute atomic E-state index is 0.616. The maximum Gasteiger partial charge on any atom is 0.194 e. The fourth-order valence-corrected chi connectivity index (χ4v) is 0.827. The lowest BCUT2D eigenvalue weighted by Gasteiger charge is -2.40. The summed E-state index contributed by atoms with van der Waals surface area (Å²) in [6.45, 7) is 6.94. The molecule has 0 radical (unpaired) electrons. The van der Waals surface area contributed by atoms with Crippen LogP contribution in [0.15, 0.2) is 0 Å². The average Bonchev–Trinajstić information content (AvgIpc) is 1.81. The topological polar surface area (TPSA) is 20.2 Å². The number of hydrogen-bond donors (Lipinski definition) is 1. The molecule has 0 spiro atoms. The third-order valence-corrected chi connectivity index (χ3v) is 2.55. The minimum atomic E-state index is -0.616. The van der Waals surface area contributed by atoms with Crippen LogP contribution in [0.5, 0.6) is 0 Å². The fraction of sp³-hybridized carbons (Fsp3) is 1.00. The van der Waals surface area contributed by atoms with Gasteiger partial charge in [-0.05, 0) is 6.42 Å². The highest BCUT2D eigenvalue weighted by atomic mass is 16.3. The zero-order chi connectivity index (χ0) is 9.12. The van der Waals surface area contributed by atoms with Gasteiger partial charge >= 0.3 is 0 Å². The van der Waals surface area contributed by atoms with Gasteiger partial charge in [-0.1, -0.05) is 13.3 Å². The maximum atomic E-state index is 9.74. The Hall–Kier alpha value is -0.0800. The molecule has 0 saturated carbocycles. The standard InChI is InChI=1S/C9H22NO/c1-6-7-8-10(4,5)9(2,3)11/h11H,6-8H2,1-5H3/q+1. The molecule has 0 rings (SSSR count). The first-order chi connectivity index (χ1) is 4.81. The molecule has 0 unspecified atom stereocenters. The van der Waals surface area contributed by atoms with E-state index >= 15 is 0 Å². The van der Waals surface area contributed by atoms with Crippen LogP contribution in [0.2, 0.25) is 0 Å². The Morgan fingerprint density at radius 3 is 2.00 bits per heavy atom. The van der Waals surface area contributed by atoms with Crippen molar-refractivity contribution in [1.29, 1.82) is 0 Å². The van der Waals surface area contributed by atoms with Gasteiger partial charge in [0.05, 0.1) is 20.6 Å². The van der Waals surface area contributed by atoms with E-state index in [9.17, 15) is 5.11 Å². The van der Waals surface area contributed by atoms with Crippen LogP contribution in [0.3, 0.4) is 0 Å². The number of quaternary nitrogens is 1. The van der Waals surface area contributed by atoms with Crippen LogP contribution >= 0.6 is 0 Å². The average molecular weight is 160 g/mol. The Bertz CT molecular complexity index is 113. The summed E-state index contributed by atoms with van der Waals surface area (Å²) in [6, 6.07) is 0.